The molecule has 2 heterocycles. The van der Waals surface area contributed by atoms with Crippen LogP contribution in [0.4, 0.5) is 5.82 Å². The Labute approximate surface area is 195 Å². The highest BCUT2D eigenvalue weighted by molar-refractivity contribution is 7.84. The molecule has 3 aromatic rings. The Hall–Kier alpha value is -3.10. The zero-order valence-corrected chi connectivity index (χ0v) is 19.1. The molecule has 0 unspecified atom stereocenters. The van der Waals surface area contributed by atoms with E-state index >= 15 is 0 Å². The van der Waals surface area contributed by atoms with Crippen LogP contribution in [-0.4, -0.2) is 64.1 Å². The lowest BCUT2D eigenvalue weighted by Crippen LogP contribution is -2.36. The molecule has 34 heavy (non-hydrogen) atoms. The molecule has 0 saturated heterocycles. The Morgan fingerprint density at radius 1 is 1.24 bits per heavy atom. The number of nitrogens with one attached hydrogen (secondary N) is 1. The molecule has 5 N–H and O–H groups in total. The number of carbonyl (C=O) groups excluding carboxylic acids is 1. The molecule has 182 valence electrons. The number of carbonyl (C=O) groups is 1. The lowest BCUT2D eigenvalue weighted by molar-refractivity contribution is 0.00777. The van der Waals surface area contributed by atoms with Gasteiger partial charge in [-0.15, -0.1) is 0 Å². The number of fused-ring (bicyclic) bond motifs is 1. The monoisotopic (exact) mass is 491 g/mol. The number of hydrogen-bond donors (Lipinski definition) is 4. The molecule has 0 amide bonds. The van der Waals surface area contributed by atoms with Crippen LogP contribution in [0.15, 0.2) is 42.5 Å². The van der Waals surface area contributed by atoms with Crippen molar-refractivity contribution in [2.24, 2.45) is 11.1 Å². The molecule has 1 aliphatic carbocycles. The van der Waals surface area contributed by atoms with Gasteiger partial charge in [0.25, 0.3) is 0 Å². The first-order valence-electron chi connectivity index (χ1n) is 10.5. The maximum absolute atomic E-state index is 12.5. The number of aryl methyl sites for hydroxylation is 1. The highest BCUT2D eigenvalue weighted by Gasteiger charge is 2.42. The molecule has 4 rings (SSSR count). The highest BCUT2D eigenvalue weighted by atomic mass is 32.2. The van der Waals surface area contributed by atoms with Crippen molar-refractivity contribution in [3.05, 3.63) is 59.4 Å². The van der Waals surface area contributed by atoms with Crippen LogP contribution in [0.1, 0.15) is 28.2 Å². The number of aromatic nitrogens is 3. The molecule has 1 aliphatic rings. The molecule has 0 radical (unpaired) electrons. The zero-order valence-electron chi connectivity index (χ0n) is 18.2. The summed E-state index contributed by atoms with van der Waals surface area (Å²) < 4.78 is 33.4. The summed E-state index contributed by atoms with van der Waals surface area (Å²) in [6, 6.07) is 11.8. The molecule has 4 atom stereocenters. The third kappa shape index (κ3) is 5.51. The fraction of sp³-hybridized carbons (Fsp3) is 0.381. The normalized spacial score (nSPS) is 22.7. The fourth-order valence-electron chi connectivity index (χ4n) is 3.90. The molecule has 0 aliphatic heterocycles. The lowest BCUT2D eigenvalue weighted by Gasteiger charge is -2.19. The maximum atomic E-state index is 12.5. The second-order valence-corrected chi connectivity index (χ2v) is 9.37. The Balaban J connectivity index is 1.50. The van der Waals surface area contributed by atoms with E-state index in [1.165, 1.54) is 10.6 Å². The van der Waals surface area contributed by atoms with Crippen LogP contribution in [0.2, 0.25) is 0 Å². The van der Waals surface area contributed by atoms with Gasteiger partial charge in [0.15, 0.2) is 11.3 Å². The summed E-state index contributed by atoms with van der Waals surface area (Å²) in [5.41, 5.74) is 1.91. The topological polar surface area (TPSA) is 178 Å². The molecule has 1 aromatic carbocycles. The lowest BCUT2D eigenvalue weighted by atomic mass is 10.1. The van der Waals surface area contributed by atoms with Gasteiger partial charge in [-0.3, -0.25) is 4.18 Å². The third-order valence-corrected chi connectivity index (χ3v) is 6.02. The van der Waals surface area contributed by atoms with Crippen LogP contribution in [0.5, 0.6) is 0 Å². The van der Waals surface area contributed by atoms with Gasteiger partial charge in [-0.1, -0.05) is 30.3 Å². The van der Waals surface area contributed by atoms with E-state index in [0.29, 0.717) is 17.2 Å². The van der Waals surface area contributed by atoms with Gasteiger partial charge in [0.1, 0.15) is 18.5 Å². The summed E-state index contributed by atoms with van der Waals surface area (Å²) in [7, 11) is -4.17. The standard InChI is InChI=1S/C21H25N5O7S/c1-12-7-17(24-15-8-14(19(27)20(15)28)11-33-34(22,30)31)26-18(23-12)9-16(25-26)21(29)32-10-13-5-3-2-4-6-13/h2-7,9,14-15,19-20,24,27-28H,8,10-11H2,1H3,(H2,22,30,31)/t14-,15-,19-,20+/m1/s1. The fourth-order valence-corrected chi connectivity index (χ4v) is 4.27. The Kier molecular flexibility index (Phi) is 6.81. The number of benzene rings is 1. The van der Waals surface area contributed by atoms with Crippen LogP contribution in [0.3, 0.4) is 0 Å². The zero-order chi connectivity index (χ0) is 24.5. The smallest absolute Gasteiger partial charge is 0.359 e. The number of anilines is 1. The van der Waals surface area contributed by atoms with Crippen LogP contribution in [0.25, 0.3) is 5.65 Å². The largest absolute Gasteiger partial charge is 0.456 e. The Bertz CT molecular complexity index is 1280. The first-order valence-corrected chi connectivity index (χ1v) is 12.0. The van der Waals surface area contributed by atoms with E-state index in [9.17, 15) is 23.4 Å². The SMILES string of the molecule is Cc1cc(N[C@@H]2C[C@H](COS(N)(=O)=O)[C@@H](O)[C@H]2O)n2nc(C(=O)OCc3ccccc3)cc2n1. The minimum absolute atomic E-state index is 0.0588. The molecule has 1 saturated carbocycles. The average molecular weight is 492 g/mol. The predicted octanol–water partition coefficient (Wildman–Crippen LogP) is 0.137. The molecular weight excluding hydrogens is 466 g/mol. The maximum Gasteiger partial charge on any atom is 0.359 e. The van der Waals surface area contributed by atoms with E-state index in [4.69, 9.17) is 9.88 Å². The average Bonchev–Trinajstić information content (AvgIpc) is 3.33. The van der Waals surface area contributed by atoms with Crippen LogP contribution in [0, 0.1) is 12.8 Å². The predicted molar refractivity (Wildman–Crippen MR) is 120 cm³/mol. The van der Waals surface area contributed by atoms with Crippen LogP contribution < -0.4 is 10.5 Å². The van der Waals surface area contributed by atoms with Crippen molar-refractivity contribution in [1.82, 2.24) is 14.6 Å². The second-order valence-electron chi connectivity index (χ2n) is 8.15. The van der Waals surface area contributed by atoms with Gasteiger partial charge in [0.05, 0.1) is 18.8 Å². The van der Waals surface area contributed by atoms with Gasteiger partial charge < -0.3 is 20.3 Å². The molecule has 1 fully saturated rings. The molecule has 2 aromatic heterocycles. The number of ether oxygens (including phenoxy) is 1. The minimum atomic E-state index is -4.17. The summed E-state index contributed by atoms with van der Waals surface area (Å²) in [6.45, 7) is 1.49. The van der Waals surface area contributed by atoms with E-state index in [0.717, 1.165) is 5.56 Å². The Morgan fingerprint density at radius 3 is 2.68 bits per heavy atom. The number of aliphatic hydroxyl groups excluding tert-OH is 2. The molecule has 12 nitrogen and oxygen atoms in total. The van der Waals surface area contributed by atoms with Gasteiger partial charge in [0, 0.05) is 23.7 Å². The second kappa shape index (κ2) is 9.64. The summed E-state index contributed by atoms with van der Waals surface area (Å²) in [5, 5.41) is 33.0. The van der Waals surface area contributed by atoms with Crippen molar-refractivity contribution < 1.29 is 32.3 Å². The first kappa shape index (κ1) is 24.0. The number of hydrogen-bond acceptors (Lipinski definition) is 10. The number of rotatable bonds is 8. The summed E-state index contributed by atoms with van der Waals surface area (Å²) >= 11 is 0. The number of aliphatic hydroxyl groups is 2. The summed E-state index contributed by atoms with van der Waals surface area (Å²) in [5.74, 6) is -0.853. The minimum Gasteiger partial charge on any atom is -0.456 e. The van der Waals surface area contributed by atoms with Crippen molar-refractivity contribution >= 4 is 27.7 Å². The van der Waals surface area contributed by atoms with Gasteiger partial charge in [0.2, 0.25) is 0 Å². The quantitative estimate of drug-likeness (QED) is 0.317. The van der Waals surface area contributed by atoms with E-state index in [1.54, 1.807) is 13.0 Å². The van der Waals surface area contributed by atoms with Gasteiger partial charge in [-0.2, -0.15) is 18.0 Å². The summed E-state index contributed by atoms with van der Waals surface area (Å²) in [6.07, 6.45) is -2.23. The number of nitrogens with zero attached hydrogens (tertiary/aromatic N) is 3. The molecule has 0 spiro atoms. The van der Waals surface area contributed by atoms with E-state index in [-0.39, 0.29) is 25.3 Å². The van der Waals surface area contributed by atoms with Crippen molar-refractivity contribution in [2.75, 3.05) is 11.9 Å². The van der Waals surface area contributed by atoms with Crippen LogP contribution >= 0.6 is 0 Å². The van der Waals surface area contributed by atoms with Crippen molar-refractivity contribution in [3.8, 4) is 0 Å². The first-order chi connectivity index (χ1) is 16.1. The number of nitrogens with two attached hydrogens (primary N) is 1. The highest BCUT2D eigenvalue weighted by Crippen LogP contribution is 2.30. The summed E-state index contributed by atoms with van der Waals surface area (Å²) in [4.78, 5) is 16.9. The van der Waals surface area contributed by atoms with Gasteiger partial charge in [-0.25, -0.2) is 14.9 Å². The molecule has 0 bridgehead atoms. The molecular formula is C21H25N5O7S. The van der Waals surface area contributed by atoms with Gasteiger partial charge >= 0.3 is 16.3 Å². The van der Waals surface area contributed by atoms with Crippen LogP contribution in [-0.2, 0) is 25.8 Å². The van der Waals surface area contributed by atoms with Crippen molar-refractivity contribution in [3.63, 3.8) is 0 Å². The number of esters is 1. The van der Waals surface area contributed by atoms with E-state index in [2.05, 4.69) is 19.6 Å². The van der Waals surface area contributed by atoms with E-state index < -0.39 is 40.4 Å². The van der Waals surface area contributed by atoms with Crippen molar-refractivity contribution in [2.45, 2.75) is 38.2 Å². The third-order valence-electron chi connectivity index (χ3n) is 5.56. The Morgan fingerprint density at radius 2 is 1.97 bits per heavy atom. The molecule has 13 heteroatoms. The van der Waals surface area contributed by atoms with Crippen molar-refractivity contribution in [1.29, 1.82) is 0 Å². The van der Waals surface area contributed by atoms with Gasteiger partial charge in [-0.05, 0) is 18.9 Å². The van der Waals surface area contributed by atoms with E-state index in [1.807, 2.05) is 30.3 Å².